The summed E-state index contributed by atoms with van der Waals surface area (Å²) < 4.78 is 31.4. The first-order chi connectivity index (χ1) is 17.6. The van der Waals surface area contributed by atoms with Gasteiger partial charge < -0.3 is 30.2 Å². The van der Waals surface area contributed by atoms with Crippen molar-refractivity contribution < 1.29 is 23.4 Å². The van der Waals surface area contributed by atoms with Crippen LogP contribution in [0.1, 0.15) is 34.8 Å². The predicted molar refractivity (Wildman–Crippen MR) is 148 cm³/mol. The molecule has 1 unspecified atom stereocenters. The zero-order chi connectivity index (χ0) is 28.0. The molecule has 0 bridgehead atoms. The second-order valence-corrected chi connectivity index (χ2v) is 8.50. The Labute approximate surface area is 219 Å². The standard InChI is InChI=1S/C25H30FN3O4.C3H9N/c1-6-17-8-9-20(14-21(17)26)33-23-13-18(25(30)29-24(27)10-11-28-4)12-22(16(23)3)32-19(7-2)15-31-5;1-4(2)3/h6,8-14,19,28H,1,7,15H2,2-5H3,(H2,27,29,30);1-3H3/b11-10-;. The summed E-state index contributed by atoms with van der Waals surface area (Å²) in [6.45, 7) is 7.71. The number of hydrogen-bond donors (Lipinski definition) is 2. The molecule has 8 nitrogen and oxygen atoms in total. The summed E-state index contributed by atoms with van der Waals surface area (Å²) in [6, 6.07) is 7.55. The zero-order valence-electron chi connectivity index (χ0n) is 22.8. The molecule has 1 amide bonds. The van der Waals surface area contributed by atoms with Crippen LogP contribution in [0.3, 0.4) is 0 Å². The molecule has 3 N–H and O–H groups in total. The molecule has 0 saturated heterocycles. The maximum Gasteiger partial charge on any atom is 0.279 e. The van der Waals surface area contributed by atoms with Crippen LogP contribution >= 0.6 is 0 Å². The van der Waals surface area contributed by atoms with Crippen LogP contribution in [0.2, 0.25) is 0 Å². The molecule has 0 saturated carbocycles. The molecule has 0 heterocycles. The lowest BCUT2D eigenvalue weighted by Crippen LogP contribution is -2.22. The van der Waals surface area contributed by atoms with Crippen molar-refractivity contribution in [2.24, 2.45) is 10.7 Å². The van der Waals surface area contributed by atoms with Crippen LogP contribution in [0.4, 0.5) is 4.39 Å². The van der Waals surface area contributed by atoms with Crippen molar-refractivity contribution in [1.82, 2.24) is 10.2 Å². The second-order valence-electron chi connectivity index (χ2n) is 8.50. The average Bonchev–Trinajstić information content (AvgIpc) is 2.84. The lowest BCUT2D eigenvalue weighted by Gasteiger charge is -2.20. The number of ether oxygens (including phenoxy) is 3. The van der Waals surface area contributed by atoms with Gasteiger partial charge in [-0.3, -0.25) is 4.79 Å². The molecule has 202 valence electrons. The van der Waals surface area contributed by atoms with Crippen LogP contribution < -0.4 is 20.5 Å². The minimum absolute atomic E-state index is 0.0350. The van der Waals surface area contributed by atoms with Crippen molar-refractivity contribution in [3.63, 3.8) is 0 Å². The van der Waals surface area contributed by atoms with Crippen LogP contribution in [-0.2, 0) is 4.74 Å². The maximum absolute atomic E-state index is 14.2. The molecule has 0 aliphatic carbocycles. The molecule has 0 radical (unpaired) electrons. The van der Waals surface area contributed by atoms with Gasteiger partial charge >= 0.3 is 0 Å². The fourth-order valence-electron chi connectivity index (χ4n) is 2.87. The lowest BCUT2D eigenvalue weighted by atomic mass is 10.1. The van der Waals surface area contributed by atoms with Crippen molar-refractivity contribution in [3.8, 4) is 17.2 Å². The molecule has 0 fully saturated rings. The minimum atomic E-state index is -0.573. The molecule has 2 aromatic rings. The normalized spacial score (nSPS) is 12.1. The van der Waals surface area contributed by atoms with Gasteiger partial charge in [-0.15, -0.1) is 0 Å². The number of rotatable bonds is 11. The molecular formula is C28H39FN4O4. The van der Waals surface area contributed by atoms with Gasteiger partial charge in [0.25, 0.3) is 5.91 Å². The third kappa shape index (κ3) is 10.8. The van der Waals surface area contributed by atoms with E-state index < -0.39 is 11.7 Å². The van der Waals surface area contributed by atoms with Gasteiger partial charge in [0.05, 0.1) is 6.61 Å². The molecular weight excluding hydrogens is 475 g/mol. The van der Waals surface area contributed by atoms with Gasteiger partial charge in [-0.05, 0) is 71.0 Å². The molecule has 2 rings (SSSR count). The van der Waals surface area contributed by atoms with E-state index in [2.05, 4.69) is 16.9 Å². The van der Waals surface area contributed by atoms with Gasteiger partial charge in [0.1, 0.15) is 35.0 Å². The van der Waals surface area contributed by atoms with Crippen molar-refractivity contribution in [3.05, 3.63) is 71.7 Å². The Bertz CT molecular complexity index is 1100. The summed E-state index contributed by atoms with van der Waals surface area (Å²) in [6.07, 6.45) is 4.90. The number of nitrogens with one attached hydrogen (secondary N) is 1. The van der Waals surface area contributed by atoms with Crippen LogP contribution in [-0.4, -0.2) is 64.7 Å². The number of amidine groups is 1. The van der Waals surface area contributed by atoms with Crippen molar-refractivity contribution >= 4 is 17.8 Å². The molecule has 37 heavy (non-hydrogen) atoms. The topological polar surface area (TPSA) is 98.4 Å². The van der Waals surface area contributed by atoms with E-state index in [-0.39, 0.29) is 23.3 Å². The van der Waals surface area contributed by atoms with E-state index in [0.29, 0.717) is 35.7 Å². The average molecular weight is 515 g/mol. The number of benzene rings is 2. The first-order valence-electron chi connectivity index (χ1n) is 11.8. The number of methoxy groups -OCH3 is 1. The molecule has 1 atom stereocenters. The highest BCUT2D eigenvalue weighted by atomic mass is 19.1. The number of carbonyl (C=O) groups is 1. The Morgan fingerprint density at radius 2 is 1.89 bits per heavy atom. The highest BCUT2D eigenvalue weighted by molar-refractivity contribution is 6.06. The quantitative estimate of drug-likeness (QED) is 0.329. The summed E-state index contributed by atoms with van der Waals surface area (Å²) in [7, 11) is 9.29. The molecule has 0 spiro atoms. The Kier molecular flexibility index (Phi) is 13.7. The zero-order valence-corrected chi connectivity index (χ0v) is 22.8. The van der Waals surface area contributed by atoms with Gasteiger partial charge in [-0.1, -0.05) is 19.6 Å². The van der Waals surface area contributed by atoms with Gasteiger partial charge in [0.15, 0.2) is 0 Å². The summed E-state index contributed by atoms with van der Waals surface area (Å²) >= 11 is 0. The van der Waals surface area contributed by atoms with Crippen molar-refractivity contribution in [2.45, 2.75) is 26.4 Å². The molecule has 0 aromatic heterocycles. The summed E-state index contributed by atoms with van der Waals surface area (Å²) in [5, 5.41) is 2.78. The van der Waals surface area contributed by atoms with E-state index in [0.717, 1.165) is 0 Å². The first kappa shape index (κ1) is 31.3. The lowest BCUT2D eigenvalue weighted by molar-refractivity contribution is 0.0780. The van der Waals surface area contributed by atoms with Gasteiger partial charge in [-0.25, -0.2) is 4.39 Å². The Morgan fingerprint density at radius 1 is 1.24 bits per heavy atom. The molecule has 0 aliphatic heterocycles. The fourth-order valence-corrected chi connectivity index (χ4v) is 2.87. The summed E-state index contributed by atoms with van der Waals surface area (Å²) in [4.78, 5) is 18.7. The SMILES string of the molecule is C=Cc1ccc(Oc2cc(C(=O)N=C(N)/C=C\NC)cc(OC(CC)COC)c2C)cc1F.CN(C)C. The molecule has 2 aromatic carbocycles. The third-order valence-electron chi connectivity index (χ3n) is 4.73. The van der Waals surface area contributed by atoms with Gasteiger partial charge in [-0.2, -0.15) is 4.99 Å². The molecule has 9 heteroatoms. The van der Waals surface area contributed by atoms with Crippen LogP contribution in [0.5, 0.6) is 17.2 Å². The van der Waals surface area contributed by atoms with Crippen molar-refractivity contribution in [2.75, 3.05) is 41.9 Å². The maximum atomic E-state index is 14.2. The Balaban J connectivity index is 0.00000159. The number of nitrogens with two attached hydrogens (primary N) is 1. The number of hydrogen-bond acceptors (Lipinski definition) is 6. The van der Waals surface area contributed by atoms with Crippen LogP contribution in [0.25, 0.3) is 6.08 Å². The van der Waals surface area contributed by atoms with E-state index >= 15 is 0 Å². The number of halogens is 1. The largest absolute Gasteiger partial charge is 0.488 e. The Morgan fingerprint density at radius 3 is 2.43 bits per heavy atom. The minimum Gasteiger partial charge on any atom is -0.488 e. The first-order valence-corrected chi connectivity index (χ1v) is 11.8. The number of nitrogens with zero attached hydrogens (tertiary/aromatic N) is 2. The van der Waals surface area contributed by atoms with Crippen LogP contribution in [0.15, 0.2) is 54.2 Å². The number of amides is 1. The third-order valence-corrected chi connectivity index (χ3v) is 4.73. The van der Waals surface area contributed by atoms with E-state index in [1.165, 1.54) is 24.3 Å². The van der Waals surface area contributed by atoms with E-state index in [1.54, 1.807) is 45.5 Å². The summed E-state index contributed by atoms with van der Waals surface area (Å²) in [5.41, 5.74) is 7.00. The van der Waals surface area contributed by atoms with E-state index in [4.69, 9.17) is 19.9 Å². The number of aliphatic imine (C=N–C) groups is 1. The second kappa shape index (κ2) is 16.1. The van der Waals surface area contributed by atoms with Crippen LogP contribution in [0, 0.1) is 12.7 Å². The van der Waals surface area contributed by atoms with Gasteiger partial charge in [0, 0.05) is 36.9 Å². The predicted octanol–water partition coefficient (Wildman–Crippen LogP) is 4.78. The molecule has 0 aliphatic rings. The Hall–Kier alpha value is -3.69. The highest BCUT2D eigenvalue weighted by Gasteiger charge is 2.18. The smallest absolute Gasteiger partial charge is 0.279 e. The number of carbonyl (C=O) groups excluding carboxylic acids is 1. The van der Waals surface area contributed by atoms with Gasteiger partial charge in [0.2, 0.25) is 0 Å². The van der Waals surface area contributed by atoms with E-state index in [9.17, 15) is 9.18 Å². The highest BCUT2D eigenvalue weighted by Crippen LogP contribution is 2.35. The van der Waals surface area contributed by atoms with Crippen molar-refractivity contribution in [1.29, 1.82) is 0 Å². The fraction of sp³-hybridized carbons (Fsp3) is 0.357. The van der Waals surface area contributed by atoms with E-state index in [1.807, 2.05) is 33.0 Å². The monoisotopic (exact) mass is 514 g/mol. The summed E-state index contributed by atoms with van der Waals surface area (Å²) in [5.74, 6) is 0.0175.